The summed E-state index contributed by atoms with van der Waals surface area (Å²) in [6.07, 6.45) is 4.98. The predicted octanol–water partition coefficient (Wildman–Crippen LogP) is 2.37. The molecule has 6 nitrogen and oxygen atoms in total. The van der Waals surface area contributed by atoms with Crippen LogP contribution in [0.1, 0.15) is 0 Å². The fourth-order valence-electron chi connectivity index (χ4n) is 1.87. The van der Waals surface area contributed by atoms with E-state index in [-0.39, 0.29) is 11.7 Å². The zero-order chi connectivity index (χ0) is 15.9. The molecule has 22 heavy (non-hydrogen) atoms. The molecule has 2 heterocycles. The molecule has 0 saturated heterocycles. The van der Waals surface area contributed by atoms with Crippen molar-refractivity contribution in [2.75, 3.05) is 18.8 Å². The summed E-state index contributed by atoms with van der Waals surface area (Å²) in [5.74, 6) is 1.57. The standard InChI is InChI=1S/C15H18N4O2S/c1-4-8-19(9-5-2)13(20)11-22-15-17-16-14(18(15)3)12-7-6-10-21-12/h4-7,10H,1-2,8-9,11H2,3H3. The number of aromatic nitrogens is 3. The van der Waals surface area contributed by atoms with Gasteiger partial charge in [-0.05, 0) is 12.1 Å². The third-order valence-corrected chi connectivity index (χ3v) is 3.96. The fraction of sp³-hybridized carbons (Fsp3) is 0.267. The van der Waals surface area contributed by atoms with E-state index >= 15 is 0 Å². The molecule has 0 aliphatic heterocycles. The van der Waals surface area contributed by atoms with Gasteiger partial charge in [0.15, 0.2) is 16.7 Å². The third kappa shape index (κ3) is 3.67. The van der Waals surface area contributed by atoms with Gasteiger partial charge in [-0.2, -0.15) is 0 Å². The van der Waals surface area contributed by atoms with Gasteiger partial charge in [0.05, 0.1) is 12.0 Å². The Balaban J connectivity index is 2.01. The Hall–Kier alpha value is -2.28. The molecule has 7 heteroatoms. The first-order valence-corrected chi connectivity index (χ1v) is 7.71. The summed E-state index contributed by atoms with van der Waals surface area (Å²) in [6.45, 7) is 8.32. The maximum Gasteiger partial charge on any atom is 0.233 e. The minimum absolute atomic E-state index is 0.00680. The highest BCUT2D eigenvalue weighted by Crippen LogP contribution is 2.22. The number of thioether (sulfide) groups is 1. The second-order valence-electron chi connectivity index (χ2n) is 4.51. The average molecular weight is 318 g/mol. The summed E-state index contributed by atoms with van der Waals surface area (Å²) in [6, 6.07) is 3.61. The lowest BCUT2D eigenvalue weighted by Crippen LogP contribution is -2.32. The molecule has 1 amide bonds. The summed E-state index contributed by atoms with van der Waals surface area (Å²) in [5, 5.41) is 8.86. The van der Waals surface area contributed by atoms with Crippen LogP contribution in [0.5, 0.6) is 0 Å². The van der Waals surface area contributed by atoms with Gasteiger partial charge in [0.1, 0.15) is 0 Å². The van der Waals surface area contributed by atoms with Gasteiger partial charge in [-0.3, -0.25) is 4.79 Å². The summed E-state index contributed by atoms with van der Waals surface area (Å²) >= 11 is 1.34. The van der Waals surface area contributed by atoms with Crippen LogP contribution in [0.3, 0.4) is 0 Å². The smallest absolute Gasteiger partial charge is 0.233 e. The van der Waals surface area contributed by atoms with E-state index in [9.17, 15) is 4.79 Å². The minimum Gasteiger partial charge on any atom is -0.461 e. The lowest BCUT2D eigenvalue weighted by atomic mass is 10.4. The van der Waals surface area contributed by atoms with Gasteiger partial charge >= 0.3 is 0 Å². The highest BCUT2D eigenvalue weighted by Gasteiger charge is 2.16. The van der Waals surface area contributed by atoms with Crippen molar-refractivity contribution in [3.63, 3.8) is 0 Å². The van der Waals surface area contributed by atoms with Gasteiger partial charge in [-0.1, -0.05) is 23.9 Å². The normalized spacial score (nSPS) is 10.4. The molecular weight excluding hydrogens is 300 g/mol. The first-order valence-electron chi connectivity index (χ1n) is 6.73. The molecule has 0 atom stereocenters. The Kier molecular flexibility index (Phi) is 5.60. The van der Waals surface area contributed by atoms with Crippen molar-refractivity contribution in [2.24, 2.45) is 7.05 Å². The molecule has 2 aromatic heterocycles. The van der Waals surface area contributed by atoms with Crippen molar-refractivity contribution in [3.05, 3.63) is 43.7 Å². The largest absolute Gasteiger partial charge is 0.461 e. The van der Waals surface area contributed by atoms with Crippen molar-refractivity contribution in [2.45, 2.75) is 5.16 Å². The maximum atomic E-state index is 12.2. The summed E-state index contributed by atoms with van der Waals surface area (Å²) < 4.78 is 7.12. The summed E-state index contributed by atoms with van der Waals surface area (Å²) in [4.78, 5) is 13.9. The second-order valence-corrected chi connectivity index (χ2v) is 5.45. The van der Waals surface area contributed by atoms with Gasteiger partial charge in [-0.25, -0.2) is 0 Å². The van der Waals surface area contributed by atoms with Crippen molar-refractivity contribution in [1.29, 1.82) is 0 Å². The third-order valence-electron chi connectivity index (χ3n) is 2.95. The Morgan fingerprint density at radius 2 is 2.14 bits per heavy atom. The molecule has 0 aromatic carbocycles. The highest BCUT2D eigenvalue weighted by molar-refractivity contribution is 7.99. The van der Waals surface area contributed by atoms with Crippen LogP contribution in [0.2, 0.25) is 0 Å². The van der Waals surface area contributed by atoms with Crippen LogP contribution in [-0.4, -0.2) is 44.4 Å². The zero-order valence-electron chi connectivity index (χ0n) is 12.4. The molecule has 116 valence electrons. The first-order chi connectivity index (χ1) is 10.7. The van der Waals surface area contributed by atoms with Gasteiger partial charge in [0, 0.05) is 20.1 Å². The Labute approximate surface area is 133 Å². The molecular formula is C15H18N4O2S. The SMILES string of the molecule is C=CCN(CC=C)C(=O)CSc1nnc(-c2ccco2)n1C. The summed E-state index contributed by atoms with van der Waals surface area (Å²) in [7, 11) is 1.84. The number of amides is 1. The quantitative estimate of drug-likeness (QED) is 0.552. The highest BCUT2D eigenvalue weighted by atomic mass is 32.2. The monoisotopic (exact) mass is 318 g/mol. The number of nitrogens with zero attached hydrogens (tertiary/aromatic N) is 4. The molecule has 0 radical (unpaired) electrons. The lowest BCUT2D eigenvalue weighted by molar-refractivity contribution is -0.127. The molecule has 0 bridgehead atoms. The Morgan fingerprint density at radius 1 is 1.41 bits per heavy atom. The van der Waals surface area contributed by atoms with Gasteiger partial charge in [0.2, 0.25) is 5.91 Å². The molecule has 0 aliphatic rings. The second kappa shape index (κ2) is 7.65. The van der Waals surface area contributed by atoms with Gasteiger partial charge < -0.3 is 13.9 Å². The molecule has 0 N–H and O–H groups in total. The van der Waals surface area contributed by atoms with Crippen molar-refractivity contribution >= 4 is 17.7 Å². The van der Waals surface area contributed by atoms with Crippen LogP contribution in [-0.2, 0) is 11.8 Å². The van der Waals surface area contributed by atoms with Gasteiger partial charge in [-0.15, -0.1) is 23.4 Å². The van der Waals surface area contributed by atoms with E-state index in [2.05, 4.69) is 23.4 Å². The Bertz CT molecular complexity index is 639. The molecule has 0 fully saturated rings. The van der Waals surface area contributed by atoms with Crippen molar-refractivity contribution in [1.82, 2.24) is 19.7 Å². The first kappa shape index (κ1) is 16.1. The molecule has 0 unspecified atom stereocenters. The Morgan fingerprint density at radius 3 is 2.73 bits per heavy atom. The van der Waals surface area contributed by atoms with Crippen LogP contribution >= 0.6 is 11.8 Å². The van der Waals surface area contributed by atoms with E-state index in [0.717, 1.165) is 0 Å². The fourth-order valence-corrected chi connectivity index (χ4v) is 2.68. The molecule has 0 aliphatic carbocycles. The van der Waals surface area contributed by atoms with Crippen LogP contribution < -0.4 is 0 Å². The molecule has 2 aromatic rings. The van der Waals surface area contributed by atoms with Crippen molar-refractivity contribution < 1.29 is 9.21 Å². The number of carbonyl (C=O) groups is 1. The van der Waals surface area contributed by atoms with Gasteiger partial charge in [0.25, 0.3) is 0 Å². The zero-order valence-corrected chi connectivity index (χ0v) is 13.3. The average Bonchev–Trinajstić information content (AvgIpc) is 3.14. The molecule has 2 rings (SSSR count). The van der Waals surface area contributed by atoms with Crippen molar-refractivity contribution in [3.8, 4) is 11.6 Å². The maximum absolute atomic E-state index is 12.2. The van der Waals surface area contributed by atoms with Crippen LogP contribution in [0, 0.1) is 0 Å². The van der Waals surface area contributed by atoms with E-state index in [1.165, 1.54) is 11.8 Å². The van der Waals surface area contributed by atoms with E-state index in [1.54, 1.807) is 29.4 Å². The van der Waals surface area contributed by atoms with Crippen LogP contribution in [0.4, 0.5) is 0 Å². The number of furan rings is 1. The molecule has 0 spiro atoms. The lowest BCUT2D eigenvalue weighted by Gasteiger charge is -2.18. The van der Waals surface area contributed by atoms with E-state index in [1.807, 2.05) is 17.7 Å². The van der Waals surface area contributed by atoms with E-state index in [4.69, 9.17) is 4.42 Å². The number of hydrogen-bond donors (Lipinski definition) is 0. The topological polar surface area (TPSA) is 64.2 Å². The minimum atomic E-state index is 0.00680. The van der Waals surface area contributed by atoms with Crippen LogP contribution in [0.25, 0.3) is 11.6 Å². The number of hydrogen-bond acceptors (Lipinski definition) is 5. The predicted molar refractivity (Wildman–Crippen MR) is 86.4 cm³/mol. The number of carbonyl (C=O) groups excluding carboxylic acids is 1. The van der Waals surface area contributed by atoms with E-state index < -0.39 is 0 Å². The number of rotatable bonds is 8. The molecule has 0 saturated carbocycles. The van der Waals surface area contributed by atoms with Crippen LogP contribution in [0.15, 0.2) is 53.3 Å². The van der Waals surface area contributed by atoms with E-state index in [0.29, 0.717) is 29.8 Å². The summed E-state index contributed by atoms with van der Waals surface area (Å²) in [5.41, 5.74) is 0.